The third kappa shape index (κ3) is 3.90. The first kappa shape index (κ1) is 14.2. The van der Waals surface area contributed by atoms with Gasteiger partial charge in [-0.05, 0) is 47.9 Å². The largest absolute Gasteiger partial charge is 0.207 e. The summed E-state index contributed by atoms with van der Waals surface area (Å²) in [5.74, 6) is -0.199. The maximum atomic E-state index is 12.8. The fourth-order valence-corrected chi connectivity index (χ4v) is 3.67. The summed E-state index contributed by atoms with van der Waals surface area (Å²) in [6, 6.07) is 12.8. The average molecular weight is 437 g/mol. The van der Waals surface area contributed by atoms with E-state index >= 15 is 0 Å². The average Bonchev–Trinajstić information content (AvgIpc) is 2.31. The molecule has 0 heterocycles. The molecular formula is C14H10Br3F. The van der Waals surface area contributed by atoms with Crippen LogP contribution in [0.1, 0.15) is 16.0 Å². The molecule has 0 aliphatic carbocycles. The normalized spacial score (nSPS) is 12.4. The van der Waals surface area contributed by atoms with Crippen molar-refractivity contribution in [1.29, 1.82) is 0 Å². The third-order valence-electron chi connectivity index (χ3n) is 2.57. The molecule has 0 bridgehead atoms. The van der Waals surface area contributed by atoms with Crippen LogP contribution in [0.2, 0.25) is 0 Å². The molecule has 0 nitrogen and oxygen atoms in total. The highest BCUT2D eigenvalue weighted by Crippen LogP contribution is 2.31. The van der Waals surface area contributed by atoms with Crippen molar-refractivity contribution in [1.82, 2.24) is 0 Å². The minimum Gasteiger partial charge on any atom is -0.207 e. The van der Waals surface area contributed by atoms with E-state index in [-0.39, 0.29) is 10.6 Å². The minimum atomic E-state index is -0.199. The Morgan fingerprint density at radius 1 is 0.944 bits per heavy atom. The summed E-state index contributed by atoms with van der Waals surface area (Å²) in [5.41, 5.74) is 2.29. The Morgan fingerprint density at radius 2 is 1.50 bits per heavy atom. The number of halogens is 4. The molecule has 2 aromatic rings. The maximum absolute atomic E-state index is 12.8. The summed E-state index contributed by atoms with van der Waals surface area (Å²) < 4.78 is 14.9. The van der Waals surface area contributed by atoms with E-state index in [1.54, 1.807) is 0 Å². The molecule has 94 valence electrons. The fourth-order valence-electron chi connectivity index (χ4n) is 1.70. The van der Waals surface area contributed by atoms with Gasteiger partial charge in [-0.15, -0.1) is 0 Å². The van der Waals surface area contributed by atoms with Crippen molar-refractivity contribution < 1.29 is 4.39 Å². The predicted molar refractivity (Wildman–Crippen MR) is 83.6 cm³/mol. The lowest BCUT2D eigenvalue weighted by Crippen LogP contribution is -1.96. The predicted octanol–water partition coefficient (Wildman–Crippen LogP) is 6.03. The Balaban J connectivity index is 2.16. The first-order valence-corrected chi connectivity index (χ1v) is 7.89. The lowest BCUT2D eigenvalue weighted by molar-refractivity contribution is 0.627. The Hall–Kier alpha value is -0.190. The third-order valence-corrected chi connectivity index (χ3v) is 4.34. The number of alkyl halides is 1. The van der Waals surface area contributed by atoms with E-state index < -0.39 is 0 Å². The highest BCUT2D eigenvalue weighted by Gasteiger charge is 2.10. The quantitative estimate of drug-likeness (QED) is 0.515. The van der Waals surface area contributed by atoms with Crippen LogP contribution in [0.4, 0.5) is 4.39 Å². The highest BCUT2D eigenvalue weighted by molar-refractivity contribution is 9.11. The molecule has 0 aliphatic heterocycles. The van der Waals surface area contributed by atoms with Gasteiger partial charge in [0.2, 0.25) is 0 Å². The fraction of sp³-hybridized carbons (Fsp3) is 0.143. The first-order chi connectivity index (χ1) is 8.54. The smallest absolute Gasteiger partial charge is 0.123 e. The van der Waals surface area contributed by atoms with Gasteiger partial charge in [-0.25, -0.2) is 4.39 Å². The monoisotopic (exact) mass is 434 g/mol. The second-order valence-electron chi connectivity index (χ2n) is 4.00. The van der Waals surface area contributed by atoms with Crippen LogP contribution in [0.15, 0.2) is 51.4 Å². The van der Waals surface area contributed by atoms with Crippen LogP contribution in [-0.2, 0) is 6.42 Å². The SMILES string of the molecule is Fc1ccc(CC(Br)c2cc(Br)cc(Br)c2)cc1. The molecule has 0 amide bonds. The zero-order valence-electron chi connectivity index (χ0n) is 9.34. The summed E-state index contributed by atoms with van der Waals surface area (Å²) in [6.45, 7) is 0. The molecule has 0 aliphatic rings. The zero-order valence-corrected chi connectivity index (χ0v) is 14.1. The van der Waals surface area contributed by atoms with E-state index in [9.17, 15) is 4.39 Å². The molecule has 0 spiro atoms. The van der Waals surface area contributed by atoms with Gasteiger partial charge in [-0.1, -0.05) is 59.9 Å². The van der Waals surface area contributed by atoms with Gasteiger partial charge in [0.1, 0.15) is 5.82 Å². The van der Waals surface area contributed by atoms with E-state index in [1.165, 1.54) is 17.7 Å². The first-order valence-electron chi connectivity index (χ1n) is 5.39. The highest BCUT2D eigenvalue weighted by atomic mass is 79.9. The van der Waals surface area contributed by atoms with Crippen LogP contribution in [0.3, 0.4) is 0 Å². The van der Waals surface area contributed by atoms with Crippen molar-refractivity contribution in [2.75, 3.05) is 0 Å². The Morgan fingerprint density at radius 3 is 2.06 bits per heavy atom. The summed E-state index contributed by atoms with van der Waals surface area (Å²) in [4.78, 5) is 0.205. The Bertz CT molecular complexity index is 517. The topological polar surface area (TPSA) is 0 Å². The second-order valence-corrected chi connectivity index (χ2v) is 6.94. The molecule has 0 radical (unpaired) electrons. The second kappa shape index (κ2) is 6.31. The van der Waals surface area contributed by atoms with Gasteiger partial charge in [0.15, 0.2) is 0 Å². The van der Waals surface area contributed by atoms with E-state index in [4.69, 9.17) is 0 Å². The van der Waals surface area contributed by atoms with Crippen LogP contribution in [0.25, 0.3) is 0 Å². The van der Waals surface area contributed by atoms with E-state index in [0.29, 0.717) is 0 Å². The van der Waals surface area contributed by atoms with Crippen molar-refractivity contribution in [2.45, 2.75) is 11.2 Å². The molecule has 4 heteroatoms. The summed E-state index contributed by atoms with van der Waals surface area (Å²) >= 11 is 10.6. The van der Waals surface area contributed by atoms with Crippen molar-refractivity contribution in [3.05, 3.63) is 68.4 Å². The van der Waals surface area contributed by atoms with Crippen LogP contribution in [-0.4, -0.2) is 0 Å². The van der Waals surface area contributed by atoms with Crippen LogP contribution in [0.5, 0.6) is 0 Å². The minimum absolute atomic E-state index is 0.199. The van der Waals surface area contributed by atoms with Crippen LogP contribution < -0.4 is 0 Å². The maximum Gasteiger partial charge on any atom is 0.123 e. The van der Waals surface area contributed by atoms with Gasteiger partial charge in [-0.2, -0.15) is 0 Å². The van der Waals surface area contributed by atoms with Gasteiger partial charge < -0.3 is 0 Å². The van der Waals surface area contributed by atoms with Crippen LogP contribution in [0, 0.1) is 5.82 Å². The Kier molecular flexibility index (Phi) is 4.98. The Labute approximate surface area is 131 Å². The standard InChI is InChI=1S/C14H10Br3F/c15-11-6-10(7-12(16)8-11)14(17)5-9-1-3-13(18)4-2-9/h1-4,6-8,14H,5H2. The molecule has 0 aromatic heterocycles. The lowest BCUT2D eigenvalue weighted by Gasteiger charge is -2.11. The molecule has 0 N–H and O–H groups in total. The summed E-state index contributed by atoms with van der Waals surface area (Å²) in [7, 11) is 0. The van der Waals surface area contributed by atoms with Crippen LogP contribution >= 0.6 is 47.8 Å². The molecule has 2 rings (SSSR count). The molecule has 1 unspecified atom stereocenters. The van der Waals surface area contributed by atoms with Gasteiger partial charge in [0.05, 0.1) is 0 Å². The number of rotatable bonds is 3. The molecule has 0 saturated carbocycles. The lowest BCUT2D eigenvalue weighted by atomic mass is 10.0. The van der Waals surface area contributed by atoms with Gasteiger partial charge in [0.25, 0.3) is 0 Å². The van der Waals surface area contributed by atoms with Crippen molar-refractivity contribution >= 4 is 47.8 Å². The summed E-state index contributed by atoms with van der Waals surface area (Å²) in [6.07, 6.45) is 0.823. The van der Waals surface area contributed by atoms with Crippen molar-refractivity contribution in [3.63, 3.8) is 0 Å². The number of hydrogen-bond donors (Lipinski definition) is 0. The van der Waals surface area contributed by atoms with Crippen molar-refractivity contribution in [2.24, 2.45) is 0 Å². The number of hydrogen-bond acceptors (Lipinski definition) is 0. The van der Waals surface area contributed by atoms with E-state index in [2.05, 4.69) is 59.9 Å². The molecule has 2 aromatic carbocycles. The van der Waals surface area contributed by atoms with Gasteiger partial charge in [0, 0.05) is 13.8 Å². The molecule has 0 fully saturated rings. The molecule has 0 saturated heterocycles. The molecular weight excluding hydrogens is 427 g/mol. The molecule has 1 atom stereocenters. The van der Waals surface area contributed by atoms with Gasteiger partial charge >= 0.3 is 0 Å². The van der Waals surface area contributed by atoms with Crippen molar-refractivity contribution in [3.8, 4) is 0 Å². The van der Waals surface area contributed by atoms with E-state index in [1.807, 2.05) is 18.2 Å². The van der Waals surface area contributed by atoms with Gasteiger partial charge in [-0.3, -0.25) is 0 Å². The summed E-state index contributed by atoms with van der Waals surface area (Å²) in [5, 5.41) is 0. The molecule has 18 heavy (non-hydrogen) atoms. The zero-order chi connectivity index (χ0) is 13.1. The van der Waals surface area contributed by atoms with E-state index in [0.717, 1.165) is 20.9 Å². The number of benzene rings is 2.